The minimum absolute atomic E-state index is 0.236. The Bertz CT molecular complexity index is 919. The molecular formula is C15H13FN4O2S. The molecule has 0 unspecified atom stereocenters. The summed E-state index contributed by atoms with van der Waals surface area (Å²) in [5, 5.41) is 12.1. The molecule has 8 heteroatoms. The first kappa shape index (κ1) is 15.3. The molecule has 0 aliphatic rings. The van der Waals surface area contributed by atoms with Crippen molar-refractivity contribution in [1.29, 1.82) is 0 Å². The summed E-state index contributed by atoms with van der Waals surface area (Å²) in [7, 11) is -3.23. The van der Waals surface area contributed by atoms with Gasteiger partial charge in [-0.1, -0.05) is 12.1 Å². The van der Waals surface area contributed by atoms with E-state index in [-0.39, 0.29) is 10.7 Å². The van der Waals surface area contributed by atoms with Crippen molar-refractivity contribution in [3.05, 3.63) is 59.9 Å². The number of hydrogen-bond donors (Lipinski definition) is 0. The lowest BCUT2D eigenvalue weighted by molar-refractivity contribution is 0.570. The Morgan fingerprint density at radius 2 is 1.70 bits per heavy atom. The van der Waals surface area contributed by atoms with E-state index in [1.165, 1.54) is 29.1 Å². The minimum Gasteiger partial charge on any atom is -0.224 e. The van der Waals surface area contributed by atoms with Crippen molar-refractivity contribution in [2.24, 2.45) is 0 Å². The normalized spacial score (nSPS) is 11.6. The fourth-order valence-electron chi connectivity index (χ4n) is 2.03. The van der Waals surface area contributed by atoms with Crippen LogP contribution in [0.1, 0.15) is 5.56 Å². The van der Waals surface area contributed by atoms with E-state index in [9.17, 15) is 12.8 Å². The van der Waals surface area contributed by atoms with Crippen LogP contribution in [-0.2, 0) is 16.4 Å². The van der Waals surface area contributed by atoms with Gasteiger partial charge in [0.1, 0.15) is 5.82 Å². The Kier molecular flexibility index (Phi) is 3.91. The third-order valence-electron chi connectivity index (χ3n) is 3.23. The predicted molar refractivity (Wildman–Crippen MR) is 81.9 cm³/mol. The second-order valence-electron chi connectivity index (χ2n) is 5.07. The zero-order valence-corrected chi connectivity index (χ0v) is 13.0. The van der Waals surface area contributed by atoms with E-state index in [2.05, 4.69) is 15.4 Å². The van der Waals surface area contributed by atoms with Crippen LogP contribution in [0.15, 0.2) is 53.4 Å². The van der Waals surface area contributed by atoms with Gasteiger partial charge in [-0.15, -0.1) is 10.2 Å². The first-order chi connectivity index (χ1) is 10.9. The molecule has 0 saturated carbocycles. The van der Waals surface area contributed by atoms with Gasteiger partial charge < -0.3 is 0 Å². The zero-order valence-electron chi connectivity index (χ0n) is 12.2. The average molecular weight is 332 g/mol. The third-order valence-corrected chi connectivity index (χ3v) is 4.36. The molecule has 1 aromatic heterocycles. The summed E-state index contributed by atoms with van der Waals surface area (Å²) in [5.74, 6) is 0.0964. The highest BCUT2D eigenvalue weighted by molar-refractivity contribution is 7.90. The first-order valence-electron chi connectivity index (χ1n) is 6.74. The van der Waals surface area contributed by atoms with Gasteiger partial charge in [0.05, 0.1) is 11.4 Å². The third kappa shape index (κ3) is 3.59. The number of hydrogen-bond acceptors (Lipinski definition) is 5. The summed E-state index contributed by atoms with van der Waals surface area (Å²) in [6, 6.07) is 12.3. The highest BCUT2D eigenvalue weighted by atomic mass is 32.2. The minimum atomic E-state index is -3.23. The van der Waals surface area contributed by atoms with Gasteiger partial charge in [0, 0.05) is 11.8 Å². The van der Waals surface area contributed by atoms with Gasteiger partial charge in [-0.2, -0.15) is 4.80 Å². The topological polar surface area (TPSA) is 77.7 Å². The summed E-state index contributed by atoms with van der Waals surface area (Å²) in [6.45, 7) is 0.370. The molecule has 0 bridgehead atoms. The molecule has 3 rings (SSSR count). The Balaban J connectivity index is 1.80. The van der Waals surface area contributed by atoms with Crippen molar-refractivity contribution in [2.75, 3.05) is 6.26 Å². The van der Waals surface area contributed by atoms with Crippen LogP contribution in [0.4, 0.5) is 4.39 Å². The molecule has 0 atom stereocenters. The monoisotopic (exact) mass is 332 g/mol. The molecule has 0 fully saturated rings. The van der Waals surface area contributed by atoms with E-state index in [1.54, 1.807) is 24.3 Å². The lowest BCUT2D eigenvalue weighted by Gasteiger charge is -2.00. The Labute approximate surface area is 132 Å². The van der Waals surface area contributed by atoms with Gasteiger partial charge in [0.2, 0.25) is 5.82 Å². The molecule has 0 saturated heterocycles. The van der Waals surface area contributed by atoms with Gasteiger partial charge in [0.25, 0.3) is 0 Å². The summed E-state index contributed by atoms with van der Waals surface area (Å²) >= 11 is 0. The molecule has 0 aliphatic carbocycles. The second-order valence-corrected chi connectivity index (χ2v) is 7.08. The smallest absolute Gasteiger partial charge is 0.204 e. The van der Waals surface area contributed by atoms with Crippen LogP contribution in [-0.4, -0.2) is 34.9 Å². The van der Waals surface area contributed by atoms with Gasteiger partial charge in [-0.3, -0.25) is 0 Å². The molecule has 118 valence electrons. The highest BCUT2D eigenvalue weighted by Crippen LogP contribution is 2.17. The van der Waals surface area contributed by atoms with E-state index in [4.69, 9.17) is 0 Å². The lowest BCUT2D eigenvalue weighted by Crippen LogP contribution is -2.04. The largest absolute Gasteiger partial charge is 0.224 e. The number of rotatable bonds is 4. The molecule has 0 amide bonds. The number of aromatic nitrogens is 4. The Morgan fingerprint density at radius 3 is 2.30 bits per heavy atom. The van der Waals surface area contributed by atoms with E-state index in [0.29, 0.717) is 17.9 Å². The van der Waals surface area contributed by atoms with Gasteiger partial charge in [-0.25, -0.2) is 12.8 Å². The van der Waals surface area contributed by atoms with Crippen LogP contribution < -0.4 is 0 Å². The number of halogens is 1. The van der Waals surface area contributed by atoms with Gasteiger partial charge in [-0.05, 0) is 47.2 Å². The number of benzene rings is 2. The fraction of sp³-hybridized carbons (Fsp3) is 0.133. The van der Waals surface area contributed by atoms with Crippen molar-refractivity contribution in [3.8, 4) is 11.4 Å². The lowest BCUT2D eigenvalue weighted by atomic mass is 10.2. The summed E-state index contributed by atoms with van der Waals surface area (Å²) in [6.07, 6.45) is 1.15. The highest BCUT2D eigenvalue weighted by Gasteiger charge is 2.10. The van der Waals surface area contributed by atoms with Crippen molar-refractivity contribution in [1.82, 2.24) is 20.2 Å². The number of tetrazole rings is 1. The van der Waals surface area contributed by atoms with E-state index < -0.39 is 9.84 Å². The molecule has 0 radical (unpaired) electrons. The van der Waals surface area contributed by atoms with Crippen LogP contribution in [0.2, 0.25) is 0 Å². The van der Waals surface area contributed by atoms with Gasteiger partial charge in [0.15, 0.2) is 9.84 Å². The van der Waals surface area contributed by atoms with Crippen LogP contribution in [0.25, 0.3) is 11.4 Å². The molecular weight excluding hydrogens is 319 g/mol. The maximum absolute atomic E-state index is 12.9. The van der Waals surface area contributed by atoms with E-state index in [1.807, 2.05) is 0 Å². The fourth-order valence-corrected chi connectivity index (χ4v) is 2.66. The number of nitrogens with zero attached hydrogens (tertiary/aromatic N) is 4. The van der Waals surface area contributed by atoms with Crippen LogP contribution >= 0.6 is 0 Å². The van der Waals surface area contributed by atoms with Crippen LogP contribution in [0, 0.1) is 5.82 Å². The molecule has 6 nitrogen and oxygen atoms in total. The zero-order chi connectivity index (χ0) is 16.4. The van der Waals surface area contributed by atoms with Crippen molar-refractivity contribution in [3.63, 3.8) is 0 Å². The molecule has 2 aromatic carbocycles. The standard InChI is InChI=1S/C15H13FN4O2S/c1-23(21,22)14-8-4-12(5-9-14)15-17-19-20(18-15)10-11-2-6-13(16)7-3-11/h2-9H,10H2,1H3. The summed E-state index contributed by atoms with van der Waals surface area (Å²) in [5.41, 5.74) is 1.52. The van der Waals surface area contributed by atoms with Crippen molar-refractivity contribution >= 4 is 9.84 Å². The van der Waals surface area contributed by atoms with Crippen molar-refractivity contribution < 1.29 is 12.8 Å². The average Bonchev–Trinajstić information content (AvgIpc) is 2.97. The maximum atomic E-state index is 12.9. The second kappa shape index (κ2) is 5.88. The summed E-state index contributed by atoms with van der Waals surface area (Å²) in [4.78, 5) is 1.63. The molecule has 0 N–H and O–H groups in total. The predicted octanol–water partition coefficient (Wildman–Crippen LogP) is 1.93. The van der Waals surface area contributed by atoms with Crippen LogP contribution in [0.5, 0.6) is 0 Å². The van der Waals surface area contributed by atoms with Gasteiger partial charge >= 0.3 is 0 Å². The maximum Gasteiger partial charge on any atom is 0.204 e. The van der Waals surface area contributed by atoms with Crippen LogP contribution in [0.3, 0.4) is 0 Å². The number of sulfone groups is 1. The molecule has 3 aromatic rings. The van der Waals surface area contributed by atoms with E-state index >= 15 is 0 Å². The quantitative estimate of drug-likeness (QED) is 0.729. The molecule has 0 spiro atoms. The Hall–Kier alpha value is -2.61. The first-order valence-corrected chi connectivity index (χ1v) is 8.64. The van der Waals surface area contributed by atoms with Crippen molar-refractivity contribution in [2.45, 2.75) is 11.4 Å². The Morgan fingerprint density at radius 1 is 1.04 bits per heavy atom. The summed E-state index contributed by atoms with van der Waals surface area (Å²) < 4.78 is 35.7. The molecule has 23 heavy (non-hydrogen) atoms. The molecule has 1 heterocycles. The molecule has 0 aliphatic heterocycles. The van der Waals surface area contributed by atoms with E-state index in [0.717, 1.165) is 11.8 Å². The SMILES string of the molecule is CS(=O)(=O)c1ccc(-c2nnn(Cc3ccc(F)cc3)n2)cc1.